The van der Waals surface area contributed by atoms with Gasteiger partial charge in [-0.3, -0.25) is 9.59 Å². The van der Waals surface area contributed by atoms with Gasteiger partial charge in [-0.2, -0.15) is 0 Å². The summed E-state index contributed by atoms with van der Waals surface area (Å²) in [4.78, 5) is 24.3. The van der Waals surface area contributed by atoms with E-state index in [1.165, 1.54) is 0 Å². The molecule has 8 heteroatoms. The minimum Gasteiger partial charge on any atom is -0.484 e. The maximum absolute atomic E-state index is 12.2. The van der Waals surface area contributed by atoms with Crippen molar-refractivity contribution in [2.24, 2.45) is 0 Å². The van der Waals surface area contributed by atoms with Crippen LogP contribution in [0, 0.1) is 0 Å². The Kier molecular flexibility index (Phi) is 5.32. The summed E-state index contributed by atoms with van der Waals surface area (Å²) in [7, 11) is 0. The van der Waals surface area contributed by atoms with Crippen molar-refractivity contribution in [2.75, 3.05) is 13.2 Å². The Labute approximate surface area is 178 Å². The largest absolute Gasteiger partial charge is 0.484 e. The van der Waals surface area contributed by atoms with E-state index in [-0.39, 0.29) is 36.1 Å². The van der Waals surface area contributed by atoms with Gasteiger partial charge in [0.1, 0.15) is 11.5 Å². The van der Waals surface area contributed by atoms with E-state index in [1.807, 2.05) is 0 Å². The molecule has 2 bridgehead atoms. The molecule has 0 aliphatic heterocycles. The van der Waals surface area contributed by atoms with Crippen LogP contribution in [0.15, 0.2) is 48.5 Å². The van der Waals surface area contributed by atoms with E-state index >= 15 is 0 Å². The van der Waals surface area contributed by atoms with Crippen molar-refractivity contribution in [3.05, 3.63) is 58.6 Å². The molecule has 2 aromatic carbocycles. The third kappa shape index (κ3) is 4.60. The van der Waals surface area contributed by atoms with Gasteiger partial charge in [0.15, 0.2) is 13.2 Å². The van der Waals surface area contributed by atoms with Crippen molar-refractivity contribution in [1.29, 1.82) is 0 Å². The Morgan fingerprint density at radius 1 is 0.793 bits per heavy atom. The molecule has 5 rings (SSSR count). The summed E-state index contributed by atoms with van der Waals surface area (Å²) < 4.78 is 10.9. The highest BCUT2D eigenvalue weighted by Gasteiger charge is 2.69. The van der Waals surface area contributed by atoms with Crippen molar-refractivity contribution in [3.63, 3.8) is 0 Å². The van der Waals surface area contributed by atoms with Crippen LogP contribution in [0.4, 0.5) is 0 Å². The summed E-state index contributed by atoms with van der Waals surface area (Å²) in [6.45, 7) is -0.132. The SMILES string of the molecule is O=C(COc1ccc(Cl)cc1)NC12CC(NC(=O)COc3cccc(Cl)c3)(C1)C2. The lowest BCUT2D eigenvalue weighted by Crippen LogP contribution is -2.84. The molecule has 0 radical (unpaired) electrons. The number of benzene rings is 2. The molecule has 0 heterocycles. The minimum absolute atomic E-state index is 0.0593. The van der Waals surface area contributed by atoms with Crippen LogP contribution in [0.2, 0.25) is 10.0 Å². The van der Waals surface area contributed by atoms with Gasteiger partial charge in [-0.05, 0) is 61.7 Å². The third-order valence-electron chi connectivity index (χ3n) is 5.19. The summed E-state index contributed by atoms with van der Waals surface area (Å²) in [6, 6.07) is 13.8. The van der Waals surface area contributed by atoms with Gasteiger partial charge in [0.05, 0.1) is 0 Å². The van der Waals surface area contributed by atoms with Gasteiger partial charge in [0.25, 0.3) is 11.8 Å². The number of halogens is 2. The molecule has 3 aliphatic rings. The van der Waals surface area contributed by atoms with E-state index in [9.17, 15) is 9.59 Å². The molecule has 29 heavy (non-hydrogen) atoms. The molecular weight excluding hydrogens is 415 g/mol. The lowest BCUT2D eigenvalue weighted by Gasteiger charge is -2.70. The fraction of sp³-hybridized carbons (Fsp3) is 0.333. The van der Waals surface area contributed by atoms with Crippen LogP contribution in [0.25, 0.3) is 0 Å². The number of hydrogen-bond donors (Lipinski definition) is 2. The average molecular weight is 435 g/mol. The van der Waals surface area contributed by atoms with Crippen LogP contribution in [0.5, 0.6) is 11.5 Å². The molecular formula is C21H20Cl2N2O4. The molecule has 3 fully saturated rings. The highest BCUT2D eigenvalue weighted by Crippen LogP contribution is 2.60. The predicted octanol–water partition coefficient (Wildman–Crippen LogP) is 3.36. The molecule has 3 saturated carbocycles. The van der Waals surface area contributed by atoms with Crippen LogP contribution >= 0.6 is 23.2 Å². The number of carbonyl (C=O) groups is 2. The van der Waals surface area contributed by atoms with Crippen molar-refractivity contribution in [1.82, 2.24) is 10.6 Å². The Balaban J connectivity index is 1.16. The van der Waals surface area contributed by atoms with Crippen LogP contribution < -0.4 is 20.1 Å². The van der Waals surface area contributed by atoms with Gasteiger partial charge in [-0.25, -0.2) is 0 Å². The van der Waals surface area contributed by atoms with Crippen molar-refractivity contribution in [3.8, 4) is 11.5 Å². The number of nitrogens with one attached hydrogen (secondary N) is 2. The normalized spacial score (nSPS) is 23.9. The summed E-state index contributed by atoms with van der Waals surface area (Å²) in [5, 5.41) is 7.20. The smallest absolute Gasteiger partial charge is 0.258 e. The summed E-state index contributed by atoms with van der Waals surface area (Å²) in [6.07, 6.45) is 2.15. The first-order valence-electron chi connectivity index (χ1n) is 9.24. The molecule has 2 aromatic rings. The maximum Gasteiger partial charge on any atom is 0.258 e. The number of ether oxygens (including phenoxy) is 2. The molecule has 0 unspecified atom stereocenters. The first-order valence-corrected chi connectivity index (χ1v) is 10.00. The van der Waals surface area contributed by atoms with Gasteiger partial charge >= 0.3 is 0 Å². The molecule has 0 saturated heterocycles. The monoisotopic (exact) mass is 434 g/mol. The Morgan fingerprint density at radius 3 is 1.90 bits per heavy atom. The molecule has 2 N–H and O–H groups in total. The predicted molar refractivity (Wildman–Crippen MR) is 109 cm³/mol. The van der Waals surface area contributed by atoms with E-state index in [4.69, 9.17) is 32.7 Å². The lowest BCUT2D eigenvalue weighted by atomic mass is 9.44. The number of amides is 2. The zero-order chi connectivity index (χ0) is 20.5. The fourth-order valence-electron chi connectivity index (χ4n) is 4.10. The standard InChI is InChI=1S/C21H20Cl2N2O4/c22-14-4-6-16(7-5-14)28-9-18(26)24-20-11-21(12-20,13-20)25-19(27)10-29-17-3-1-2-15(23)8-17/h1-8H,9-13H2,(H,24,26)(H,25,27). The zero-order valence-corrected chi connectivity index (χ0v) is 17.1. The van der Waals surface area contributed by atoms with Crippen LogP contribution in [-0.2, 0) is 9.59 Å². The Morgan fingerprint density at radius 2 is 1.34 bits per heavy atom. The lowest BCUT2D eigenvalue weighted by molar-refractivity contribution is -0.151. The van der Waals surface area contributed by atoms with Gasteiger partial charge in [0.2, 0.25) is 0 Å². The topological polar surface area (TPSA) is 76.7 Å². The molecule has 2 amide bonds. The number of carbonyl (C=O) groups excluding carboxylic acids is 2. The van der Waals surface area contributed by atoms with Gasteiger partial charge in [-0.15, -0.1) is 0 Å². The molecule has 0 spiro atoms. The summed E-state index contributed by atoms with van der Waals surface area (Å²) >= 11 is 11.7. The highest BCUT2D eigenvalue weighted by molar-refractivity contribution is 6.30. The average Bonchev–Trinajstić information content (AvgIpc) is 2.63. The fourth-order valence-corrected chi connectivity index (χ4v) is 4.41. The van der Waals surface area contributed by atoms with Crippen molar-refractivity contribution < 1.29 is 19.1 Å². The quantitative estimate of drug-likeness (QED) is 0.667. The Bertz CT molecular complexity index is 913. The van der Waals surface area contributed by atoms with Crippen LogP contribution in [-0.4, -0.2) is 36.1 Å². The van der Waals surface area contributed by atoms with Crippen LogP contribution in [0.3, 0.4) is 0 Å². The third-order valence-corrected chi connectivity index (χ3v) is 5.68. The van der Waals surface area contributed by atoms with Gasteiger partial charge in [0, 0.05) is 21.1 Å². The second-order valence-electron chi connectivity index (χ2n) is 7.68. The molecule has 3 aliphatic carbocycles. The van der Waals surface area contributed by atoms with E-state index in [2.05, 4.69) is 10.6 Å². The van der Waals surface area contributed by atoms with Crippen LogP contribution in [0.1, 0.15) is 19.3 Å². The van der Waals surface area contributed by atoms with Gasteiger partial charge in [-0.1, -0.05) is 29.3 Å². The van der Waals surface area contributed by atoms with Gasteiger partial charge < -0.3 is 20.1 Å². The van der Waals surface area contributed by atoms with Crippen molar-refractivity contribution >= 4 is 35.0 Å². The summed E-state index contributed by atoms with van der Waals surface area (Å²) in [5.41, 5.74) is -0.472. The minimum atomic E-state index is -0.237. The zero-order valence-electron chi connectivity index (χ0n) is 15.5. The first kappa shape index (κ1) is 19.9. The molecule has 152 valence electrons. The maximum atomic E-state index is 12.2. The van der Waals surface area contributed by atoms with E-state index in [0.29, 0.717) is 21.5 Å². The van der Waals surface area contributed by atoms with E-state index in [0.717, 1.165) is 19.3 Å². The van der Waals surface area contributed by atoms with E-state index < -0.39 is 0 Å². The highest BCUT2D eigenvalue weighted by atomic mass is 35.5. The molecule has 0 aromatic heterocycles. The van der Waals surface area contributed by atoms with E-state index in [1.54, 1.807) is 48.5 Å². The molecule has 0 atom stereocenters. The second kappa shape index (κ2) is 7.76. The number of hydrogen-bond acceptors (Lipinski definition) is 4. The first-order chi connectivity index (χ1) is 13.9. The number of rotatable bonds is 8. The summed E-state index contributed by atoms with van der Waals surface area (Å²) in [5.74, 6) is 0.778. The van der Waals surface area contributed by atoms with Crippen molar-refractivity contribution in [2.45, 2.75) is 30.3 Å². The second-order valence-corrected chi connectivity index (χ2v) is 8.55. The Hall–Kier alpha value is -2.44. The molecule has 6 nitrogen and oxygen atoms in total.